The van der Waals surface area contributed by atoms with Crippen molar-refractivity contribution < 1.29 is 14.4 Å². The lowest BCUT2D eigenvalue weighted by Crippen LogP contribution is -2.52. The van der Waals surface area contributed by atoms with E-state index in [1.54, 1.807) is 4.90 Å². The number of benzene rings is 1. The molecule has 0 spiro atoms. The van der Waals surface area contributed by atoms with Gasteiger partial charge in [0, 0.05) is 30.6 Å². The highest BCUT2D eigenvalue weighted by Crippen LogP contribution is 2.33. The molecule has 3 amide bonds. The molecule has 2 heterocycles. The summed E-state index contributed by atoms with van der Waals surface area (Å²) in [5.74, 6) is 0.773. The van der Waals surface area contributed by atoms with Gasteiger partial charge in [0.05, 0.1) is 0 Å². The number of rotatable bonds is 6. The number of amides is 3. The summed E-state index contributed by atoms with van der Waals surface area (Å²) >= 11 is 0. The molecular weight excluding hydrogens is 414 g/mol. The van der Waals surface area contributed by atoms with Crippen molar-refractivity contribution in [1.82, 2.24) is 15.5 Å². The highest BCUT2D eigenvalue weighted by molar-refractivity contribution is 6.05. The first-order valence-electron chi connectivity index (χ1n) is 13.0. The first-order valence-corrected chi connectivity index (χ1v) is 13.0. The summed E-state index contributed by atoms with van der Waals surface area (Å²) in [7, 11) is 0. The van der Waals surface area contributed by atoms with Crippen LogP contribution in [-0.4, -0.2) is 40.7 Å². The number of imide groups is 1. The molecule has 6 nitrogen and oxygen atoms in total. The van der Waals surface area contributed by atoms with Gasteiger partial charge in [-0.15, -0.1) is 0 Å². The summed E-state index contributed by atoms with van der Waals surface area (Å²) in [5.41, 5.74) is 3.01. The Balaban J connectivity index is 1.25. The van der Waals surface area contributed by atoms with Crippen molar-refractivity contribution >= 4 is 17.7 Å². The summed E-state index contributed by atoms with van der Waals surface area (Å²) < 4.78 is 0. The molecule has 5 rings (SSSR count). The van der Waals surface area contributed by atoms with E-state index in [4.69, 9.17) is 0 Å². The maximum absolute atomic E-state index is 13.0. The van der Waals surface area contributed by atoms with Crippen LogP contribution < -0.4 is 10.6 Å². The second kappa shape index (κ2) is 9.57. The van der Waals surface area contributed by atoms with Crippen LogP contribution in [0.3, 0.4) is 0 Å². The minimum Gasteiger partial charge on any atom is -0.322 e. The van der Waals surface area contributed by atoms with Crippen LogP contribution in [0.5, 0.6) is 0 Å². The highest BCUT2D eigenvalue weighted by Gasteiger charge is 2.39. The summed E-state index contributed by atoms with van der Waals surface area (Å²) in [6, 6.07) is 6.87. The largest absolute Gasteiger partial charge is 0.322 e. The average Bonchev–Trinajstić information content (AvgIpc) is 3.44. The van der Waals surface area contributed by atoms with Gasteiger partial charge in [0.1, 0.15) is 6.04 Å². The maximum Gasteiger partial charge on any atom is 0.255 e. The van der Waals surface area contributed by atoms with Gasteiger partial charge in [-0.05, 0) is 74.5 Å². The summed E-state index contributed by atoms with van der Waals surface area (Å²) in [5, 5.41) is 6.40. The quantitative estimate of drug-likeness (QED) is 0.646. The van der Waals surface area contributed by atoms with Gasteiger partial charge < -0.3 is 10.2 Å². The number of nitrogens with one attached hydrogen (secondary N) is 2. The third-order valence-corrected chi connectivity index (χ3v) is 8.58. The Hall–Kier alpha value is -2.21. The zero-order valence-corrected chi connectivity index (χ0v) is 19.8. The monoisotopic (exact) mass is 451 g/mol. The summed E-state index contributed by atoms with van der Waals surface area (Å²) in [6.45, 7) is 2.84. The first-order chi connectivity index (χ1) is 16.0. The predicted molar refractivity (Wildman–Crippen MR) is 126 cm³/mol. The second-order valence-corrected chi connectivity index (χ2v) is 10.7. The van der Waals surface area contributed by atoms with E-state index in [0.29, 0.717) is 36.5 Å². The minimum absolute atomic E-state index is 0.0892. The molecule has 0 radical (unpaired) electrons. The van der Waals surface area contributed by atoms with E-state index < -0.39 is 6.04 Å². The molecule has 3 fully saturated rings. The molecule has 6 heteroatoms. The van der Waals surface area contributed by atoms with Gasteiger partial charge >= 0.3 is 0 Å². The topological polar surface area (TPSA) is 78.5 Å². The Kier molecular flexibility index (Phi) is 6.55. The van der Waals surface area contributed by atoms with Gasteiger partial charge in [-0.1, -0.05) is 37.8 Å². The molecule has 2 unspecified atom stereocenters. The molecular formula is C27H37N3O3. The molecule has 1 aromatic rings. The van der Waals surface area contributed by atoms with Crippen LogP contribution in [0.1, 0.15) is 92.6 Å². The molecule has 2 aliphatic heterocycles. The van der Waals surface area contributed by atoms with Crippen LogP contribution in [0.15, 0.2) is 18.2 Å². The number of nitrogens with zero attached hydrogens (tertiary/aromatic N) is 1. The number of piperidine rings is 1. The van der Waals surface area contributed by atoms with Crippen LogP contribution in [0.25, 0.3) is 0 Å². The molecule has 4 atom stereocenters. The maximum atomic E-state index is 13.0. The third kappa shape index (κ3) is 4.72. The van der Waals surface area contributed by atoms with E-state index >= 15 is 0 Å². The molecule has 4 aliphatic rings. The van der Waals surface area contributed by atoms with Crippen molar-refractivity contribution in [2.24, 2.45) is 11.8 Å². The number of hydrogen-bond donors (Lipinski definition) is 2. The van der Waals surface area contributed by atoms with Gasteiger partial charge in [0.2, 0.25) is 11.8 Å². The Morgan fingerprint density at radius 2 is 1.79 bits per heavy atom. The first kappa shape index (κ1) is 22.6. The molecule has 1 saturated heterocycles. The fourth-order valence-corrected chi connectivity index (χ4v) is 6.66. The van der Waals surface area contributed by atoms with E-state index in [2.05, 4.69) is 29.7 Å². The summed E-state index contributed by atoms with van der Waals surface area (Å²) in [6.07, 6.45) is 12.4. The zero-order chi connectivity index (χ0) is 22.9. The smallest absolute Gasteiger partial charge is 0.255 e. The van der Waals surface area contributed by atoms with Crippen molar-refractivity contribution in [1.29, 1.82) is 0 Å². The number of carbonyl (C=O) groups is 3. The van der Waals surface area contributed by atoms with Crippen molar-refractivity contribution in [2.45, 2.75) is 102 Å². The SMILES string of the molecule is CC(N[C@H]1CCCC[C@@H]1Cc1ccc2c(c1)CN(C1CCC(=O)NC1=O)C2=O)C1CCCC1. The van der Waals surface area contributed by atoms with E-state index in [0.717, 1.165) is 17.9 Å². The molecule has 2 aliphatic carbocycles. The van der Waals surface area contributed by atoms with E-state index in [9.17, 15) is 14.4 Å². The zero-order valence-electron chi connectivity index (χ0n) is 19.8. The highest BCUT2D eigenvalue weighted by atomic mass is 16.2. The molecule has 178 valence electrons. The lowest BCUT2D eigenvalue weighted by atomic mass is 9.79. The van der Waals surface area contributed by atoms with Crippen molar-refractivity contribution in [2.75, 3.05) is 0 Å². The molecule has 2 N–H and O–H groups in total. The van der Waals surface area contributed by atoms with Gasteiger partial charge in [-0.25, -0.2) is 0 Å². The summed E-state index contributed by atoms with van der Waals surface area (Å²) in [4.78, 5) is 38.4. The van der Waals surface area contributed by atoms with Crippen molar-refractivity contribution in [3.63, 3.8) is 0 Å². The second-order valence-electron chi connectivity index (χ2n) is 10.7. The lowest BCUT2D eigenvalue weighted by Gasteiger charge is -2.36. The van der Waals surface area contributed by atoms with Crippen LogP contribution >= 0.6 is 0 Å². The molecule has 0 bridgehead atoms. The predicted octanol–water partition coefficient (Wildman–Crippen LogP) is 3.72. The Bertz CT molecular complexity index is 923. The average molecular weight is 452 g/mol. The van der Waals surface area contributed by atoms with Gasteiger partial charge in [0.25, 0.3) is 5.91 Å². The van der Waals surface area contributed by atoms with Crippen LogP contribution in [0.2, 0.25) is 0 Å². The van der Waals surface area contributed by atoms with Crippen LogP contribution in [0.4, 0.5) is 0 Å². The molecule has 1 aromatic carbocycles. The van der Waals surface area contributed by atoms with E-state index in [1.165, 1.54) is 56.9 Å². The van der Waals surface area contributed by atoms with E-state index in [-0.39, 0.29) is 24.1 Å². The number of hydrogen-bond acceptors (Lipinski definition) is 4. The van der Waals surface area contributed by atoms with Gasteiger partial charge in [-0.2, -0.15) is 0 Å². The number of fused-ring (bicyclic) bond motifs is 1. The fraction of sp³-hybridized carbons (Fsp3) is 0.667. The Labute approximate surface area is 196 Å². The Morgan fingerprint density at radius 3 is 2.58 bits per heavy atom. The molecule has 33 heavy (non-hydrogen) atoms. The normalized spacial score (nSPS) is 29.3. The van der Waals surface area contributed by atoms with Crippen molar-refractivity contribution in [3.8, 4) is 0 Å². The number of carbonyl (C=O) groups excluding carboxylic acids is 3. The fourth-order valence-electron chi connectivity index (χ4n) is 6.66. The minimum atomic E-state index is -0.546. The van der Waals surface area contributed by atoms with Crippen LogP contribution in [-0.2, 0) is 22.6 Å². The Morgan fingerprint density at radius 1 is 1.03 bits per heavy atom. The van der Waals surface area contributed by atoms with E-state index in [1.807, 2.05) is 6.07 Å². The third-order valence-electron chi connectivity index (χ3n) is 8.58. The standard InChI is InChI=1S/C27H37N3O3/c1-17(19-6-2-3-7-19)28-23-9-5-4-8-20(23)14-18-10-11-22-21(15-18)16-30(27(22)33)24-12-13-25(31)29-26(24)32/h10-11,15,17,19-20,23-24,28H,2-9,12-14,16H2,1H3,(H,29,31,32)/t17?,20-,23+,24?/m1/s1. The van der Waals surface area contributed by atoms with Gasteiger partial charge in [-0.3, -0.25) is 19.7 Å². The van der Waals surface area contributed by atoms with Crippen molar-refractivity contribution in [3.05, 3.63) is 34.9 Å². The van der Waals surface area contributed by atoms with Crippen LogP contribution in [0, 0.1) is 11.8 Å². The van der Waals surface area contributed by atoms with Gasteiger partial charge in [0.15, 0.2) is 0 Å². The molecule has 2 saturated carbocycles. The molecule has 0 aromatic heterocycles. The lowest BCUT2D eigenvalue weighted by molar-refractivity contribution is -0.136.